The lowest BCUT2D eigenvalue weighted by molar-refractivity contribution is -0.149. The molecule has 0 bridgehead atoms. The minimum atomic E-state index is -0.0808. The quantitative estimate of drug-likeness (QED) is 0.717. The van der Waals surface area contributed by atoms with Crippen LogP contribution in [0.3, 0.4) is 0 Å². The summed E-state index contributed by atoms with van der Waals surface area (Å²) >= 11 is 0. The number of nitrogens with zero attached hydrogens (tertiary/aromatic N) is 1. The van der Waals surface area contributed by atoms with E-state index in [1.165, 1.54) is 11.1 Å². The van der Waals surface area contributed by atoms with E-state index in [0.717, 1.165) is 50.0 Å². The Morgan fingerprint density at radius 3 is 2.63 bits per heavy atom. The molecule has 0 aliphatic heterocycles. The number of aryl methyl sites for hydroxylation is 1. The van der Waals surface area contributed by atoms with Crippen molar-refractivity contribution in [3.8, 4) is 0 Å². The third kappa shape index (κ3) is 5.09. The molecule has 0 radical (unpaired) electrons. The van der Waals surface area contributed by atoms with Crippen LogP contribution in [0.5, 0.6) is 0 Å². The maximum Gasteiger partial charge on any atom is 0.311 e. The number of anilines is 1. The molecule has 1 N–H and O–H groups in total. The predicted octanol–water partition coefficient (Wildman–Crippen LogP) is 4.77. The number of carbonyl (C=O) groups excluding carboxylic acids is 1. The molecular weight excluding hydrogens is 336 g/mol. The van der Waals surface area contributed by atoms with E-state index in [1.807, 2.05) is 19.1 Å². The number of pyridine rings is 1. The van der Waals surface area contributed by atoms with Gasteiger partial charge in [-0.15, -0.1) is 0 Å². The van der Waals surface area contributed by atoms with E-state index >= 15 is 0 Å². The number of aromatic nitrogens is 1. The monoisotopic (exact) mass is 366 g/mol. The molecule has 1 aliphatic rings. The van der Waals surface area contributed by atoms with E-state index in [1.54, 1.807) is 0 Å². The topological polar surface area (TPSA) is 51.2 Å². The molecule has 2 aromatic rings. The van der Waals surface area contributed by atoms with Crippen LogP contribution in [0.15, 0.2) is 42.5 Å². The fraction of sp³-hybridized carbons (Fsp3) is 0.478. The van der Waals surface area contributed by atoms with Gasteiger partial charge in [-0.25, -0.2) is 4.98 Å². The lowest BCUT2D eigenvalue weighted by atomic mass is 9.84. The molecule has 4 heteroatoms. The van der Waals surface area contributed by atoms with E-state index in [0.29, 0.717) is 6.61 Å². The minimum Gasteiger partial charge on any atom is -0.466 e. The summed E-state index contributed by atoms with van der Waals surface area (Å²) in [5.41, 5.74) is 3.74. The number of carbonyl (C=O) groups is 1. The highest BCUT2D eigenvalue weighted by molar-refractivity contribution is 5.74. The van der Waals surface area contributed by atoms with Crippen molar-refractivity contribution in [3.05, 3.63) is 59.3 Å². The van der Waals surface area contributed by atoms with Crippen molar-refractivity contribution >= 4 is 11.8 Å². The Labute approximate surface area is 162 Å². The normalized spacial score (nSPS) is 19.5. The number of hydrogen-bond acceptors (Lipinski definition) is 4. The fourth-order valence-corrected chi connectivity index (χ4v) is 3.95. The summed E-state index contributed by atoms with van der Waals surface area (Å²) < 4.78 is 5.28. The van der Waals surface area contributed by atoms with Gasteiger partial charge in [-0.1, -0.05) is 50.1 Å². The van der Waals surface area contributed by atoms with Gasteiger partial charge >= 0.3 is 5.97 Å². The minimum absolute atomic E-state index is 0.0787. The van der Waals surface area contributed by atoms with Gasteiger partial charge in [0.1, 0.15) is 5.82 Å². The molecule has 1 aromatic carbocycles. The van der Waals surface area contributed by atoms with Gasteiger partial charge in [-0.3, -0.25) is 4.79 Å². The molecular formula is C23H30N2O2. The summed E-state index contributed by atoms with van der Waals surface area (Å²) in [4.78, 5) is 17.1. The standard InChI is InChI=1S/C23H30N2O2/c1-3-17-10-5-6-11-18(17)16-19-12-9-15-22(24-19)25-21-14-8-7-13-20(21)23(26)27-4-2/h5-6,9-12,15,20-21H,3-4,7-8,13-14,16H2,1-2H3,(H,24,25)/t20-,21+/m0/s1. The summed E-state index contributed by atoms with van der Waals surface area (Å²) in [6.07, 6.45) is 5.94. The van der Waals surface area contributed by atoms with Crippen molar-refractivity contribution in [3.63, 3.8) is 0 Å². The number of nitrogens with one attached hydrogen (secondary N) is 1. The molecule has 27 heavy (non-hydrogen) atoms. The zero-order chi connectivity index (χ0) is 19.1. The molecule has 1 aliphatic carbocycles. The van der Waals surface area contributed by atoms with Gasteiger partial charge in [0, 0.05) is 18.2 Å². The van der Waals surface area contributed by atoms with Crippen molar-refractivity contribution < 1.29 is 9.53 Å². The number of esters is 1. The molecule has 0 unspecified atom stereocenters. The van der Waals surface area contributed by atoms with Crippen LogP contribution in [0, 0.1) is 5.92 Å². The first-order valence-corrected chi connectivity index (χ1v) is 10.2. The summed E-state index contributed by atoms with van der Waals surface area (Å²) in [7, 11) is 0. The molecule has 4 nitrogen and oxygen atoms in total. The first kappa shape index (κ1) is 19.4. The Kier molecular flexibility index (Phi) is 6.86. The molecule has 144 valence electrons. The highest BCUT2D eigenvalue weighted by Crippen LogP contribution is 2.28. The smallest absolute Gasteiger partial charge is 0.311 e. The van der Waals surface area contributed by atoms with E-state index < -0.39 is 0 Å². The SMILES string of the molecule is CCOC(=O)[C@H]1CCCC[C@H]1Nc1cccc(Cc2ccccc2CC)n1. The average Bonchev–Trinajstić information content (AvgIpc) is 2.69. The number of rotatable bonds is 7. The van der Waals surface area contributed by atoms with Crippen molar-refractivity contribution in [2.45, 2.75) is 58.4 Å². The predicted molar refractivity (Wildman–Crippen MR) is 109 cm³/mol. The molecule has 3 rings (SSSR count). The van der Waals surface area contributed by atoms with E-state index in [9.17, 15) is 4.79 Å². The van der Waals surface area contributed by atoms with Crippen LogP contribution in [-0.2, 0) is 22.4 Å². The van der Waals surface area contributed by atoms with Crippen LogP contribution in [0.25, 0.3) is 0 Å². The van der Waals surface area contributed by atoms with Crippen LogP contribution in [0.2, 0.25) is 0 Å². The zero-order valence-electron chi connectivity index (χ0n) is 16.4. The van der Waals surface area contributed by atoms with Crippen LogP contribution in [0.1, 0.15) is 56.4 Å². The average molecular weight is 367 g/mol. The first-order chi connectivity index (χ1) is 13.2. The highest BCUT2D eigenvalue weighted by Gasteiger charge is 2.32. The van der Waals surface area contributed by atoms with Gasteiger partial charge < -0.3 is 10.1 Å². The van der Waals surface area contributed by atoms with Crippen LogP contribution < -0.4 is 5.32 Å². The third-order valence-electron chi connectivity index (χ3n) is 5.37. The summed E-state index contributed by atoms with van der Waals surface area (Å²) in [5, 5.41) is 3.51. The molecule has 1 fully saturated rings. The van der Waals surface area contributed by atoms with Crippen LogP contribution in [0.4, 0.5) is 5.82 Å². The summed E-state index contributed by atoms with van der Waals surface area (Å²) in [5.74, 6) is 0.690. The lowest BCUT2D eigenvalue weighted by Crippen LogP contribution is -2.38. The van der Waals surface area contributed by atoms with E-state index in [-0.39, 0.29) is 17.9 Å². The second-order valence-corrected chi connectivity index (χ2v) is 7.21. The van der Waals surface area contributed by atoms with Gasteiger partial charge in [0.2, 0.25) is 0 Å². The second-order valence-electron chi connectivity index (χ2n) is 7.21. The fourth-order valence-electron chi connectivity index (χ4n) is 3.95. The van der Waals surface area contributed by atoms with Crippen LogP contribution >= 0.6 is 0 Å². The number of hydrogen-bond donors (Lipinski definition) is 1. The summed E-state index contributed by atoms with van der Waals surface area (Å²) in [6, 6.07) is 14.7. The summed E-state index contributed by atoms with van der Waals surface area (Å²) in [6.45, 7) is 4.48. The van der Waals surface area contributed by atoms with E-state index in [2.05, 4.69) is 42.6 Å². The highest BCUT2D eigenvalue weighted by atomic mass is 16.5. The largest absolute Gasteiger partial charge is 0.466 e. The van der Waals surface area contributed by atoms with Crippen molar-refractivity contribution in [1.82, 2.24) is 4.98 Å². The van der Waals surface area contributed by atoms with Gasteiger partial charge in [0.25, 0.3) is 0 Å². The van der Waals surface area contributed by atoms with Crippen molar-refractivity contribution in [1.29, 1.82) is 0 Å². The lowest BCUT2D eigenvalue weighted by Gasteiger charge is -2.31. The van der Waals surface area contributed by atoms with Gasteiger partial charge in [-0.2, -0.15) is 0 Å². The molecule has 0 amide bonds. The van der Waals surface area contributed by atoms with Crippen molar-refractivity contribution in [2.75, 3.05) is 11.9 Å². The Morgan fingerprint density at radius 1 is 1.07 bits per heavy atom. The molecule has 0 saturated heterocycles. The van der Waals surface area contributed by atoms with E-state index in [4.69, 9.17) is 9.72 Å². The zero-order valence-corrected chi connectivity index (χ0v) is 16.4. The molecule has 1 saturated carbocycles. The van der Waals surface area contributed by atoms with Crippen molar-refractivity contribution in [2.24, 2.45) is 5.92 Å². The van der Waals surface area contributed by atoms with Gasteiger partial charge in [0.05, 0.1) is 12.5 Å². The number of ether oxygens (including phenoxy) is 1. The Balaban J connectivity index is 1.72. The Morgan fingerprint density at radius 2 is 1.85 bits per heavy atom. The van der Waals surface area contributed by atoms with Crippen LogP contribution in [-0.4, -0.2) is 23.6 Å². The number of benzene rings is 1. The Hall–Kier alpha value is -2.36. The Bertz CT molecular complexity index is 760. The van der Waals surface area contributed by atoms with Gasteiger partial charge in [0.15, 0.2) is 0 Å². The second kappa shape index (κ2) is 9.54. The molecule has 2 atom stereocenters. The van der Waals surface area contributed by atoms with Gasteiger partial charge in [-0.05, 0) is 49.4 Å². The molecule has 1 heterocycles. The third-order valence-corrected chi connectivity index (χ3v) is 5.37. The maximum absolute atomic E-state index is 12.3. The molecule has 1 aromatic heterocycles. The molecule has 0 spiro atoms. The maximum atomic E-state index is 12.3. The first-order valence-electron chi connectivity index (χ1n) is 10.2.